The normalized spacial score (nSPS) is 14.3. The van der Waals surface area contributed by atoms with E-state index in [1.165, 1.54) is 205 Å². The molecule has 0 bridgehead atoms. The van der Waals surface area contributed by atoms with E-state index in [1.807, 2.05) is 0 Å². The zero-order valence-corrected chi connectivity index (χ0v) is 61.5. The summed E-state index contributed by atoms with van der Waals surface area (Å²) in [4.78, 5) is 72.6. The number of aliphatic hydroxyl groups is 1. The standard InChI is InChI=1S/C73H142O17P2/c1-6-10-13-16-19-22-25-26-27-28-29-30-31-32-33-34-36-39-42-48-53-58-72(77)89-68(62-83-71(76)57-52-47-41-38-35-23-20-17-14-11-7-2)64-87-91(79,80)85-60-67(74)61-86-92(81,82)88-65-69(90-73(78)59-54-49-44-43-45-50-55-66(5)9-4)63-84-70(75)56-51-46-40-37-24-21-18-15-12-8-3/h66-69,74H,6-65H2,1-5H3,(H,79,80)(H,81,82)/t66?,67-,68-,69-/m1/s1. The Bertz CT molecular complexity index is 1770. The third-order valence-electron chi connectivity index (χ3n) is 17.4. The van der Waals surface area contributed by atoms with Crippen LogP contribution < -0.4 is 0 Å². The minimum atomic E-state index is -4.95. The van der Waals surface area contributed by atoms with Crippen LogP contribution in [0.1, 0.15) is 381 Å². The Morgan fingerprint density at radius 2 is 0.522 bits per heavy atom. The van der Waals surface area contributed by atoms with Crippen molar-refractivity contribution in [3.05, 3.63) is 0 Å². The molecule has 0 amide bonds. The first-order valence-corrected chi connectivity index (χ1v) is 41.2. The highest BCUT2D eigenvalue weighted by Crippen LogP contribution is 2.45. The van der Waals surface area contributed by atoms with Gasteiger partial charge in [0.15, 0.2) is 12.2 Å². The second-order valence-corrected chi connectivity index (χ2v) is 29.5. The molecular weight excluding hydrogens is 1210 g/mol. The highest BCUT2D eigenvalue weighted by Gasteiger charge is 2.30. The van der Waals surface area contributed by atoms with E-state index in [2.05, 4.69) is 34.6 Å². The van der Waals surface area contributed by atoms with Crippen molar-refractivity contribution < 1.29 is 80.2 Å². The zero-order valence-electron chi connectivity index (χ0n) is 59.7. The molecule has 0 saturated heterocycles. The summed E-state index contributed by atoms with van der Waals surface area (Å²) in [6.07, 6.45) is 54.3. The lowest BCUT2D eigenvalue weighted by atomic mass is 10.00. The molecule has 0 heterocycles. The Morgan fingerprint density at radius 3 is 0.772 bits per heavy atom. The Hall–Kier alpha value is -1.94. The predicted octanol–water partition coefficient (Wildman–Crippen LogP) is 21.3. The molecule has 0 rings (SSSR count). The number of carbonyl (C=O) groups is 4. The van der Waals surface area contributed by atoms with Crippen LogP contribution in [0.2, 0.25) is 0 Å². The Labute approximate surface area is 562 Å². The van der Waals surface area contributed by atoms with Crippen LogP contribution in [0.3, 0.4) is 0 Å². The van der Waals surface area contributed by atoms with Gasteiger partial charge in [-0.15, -0.1) is 0 Å². The fourth-order valence-electron chi connectivity index (χ4n) is 11.1. The van der Waals surface area contributed by atoms with Gasteiger partial charge in [0.1, 0.15) is 19.3 Å². The van der Waals surface area contributed by atoms with Gasteiger partial charge in [0, 0.05) is 25.7 Å². The molecule has 6 atom stereocenters. The highest BCUT2D eigenvalue weighted by atomic mass is 31.2. The smallest absolute Gasteiger partial charge is 0.462 e. The van der Waals surface area contributed by atoms with E-state index in [-0.39, 0.29) is 25.7 Å². The molecule has 0 fully saturated rings. The number of hydrogen-bond acceptors (Lipinski definition) is 15. The van der Waals surface area contributed by atoms with Crippen LogP contribution in [0.15, 0.2) is 0 Å². The Kier molecular flexibility index (Phi) is 64.9. The number of esters is 4. The Balaban J connectivity index is 5.16. The van der Waals surface area contributed by atoms with E-state index >= 15 is 0 Å². The molecule has 0 aliphatic heterocycles. The van der Waals surface area contributed by atoms with Crippen molar-refractivity contribution in [2.75, 3.05) is 39.6 Å². The molecule has 3 N–H and O–H groups in total. The van der Waals surface area contributed by atoms with Gasteiger partial charge < -0.3 is 33.8 Å². The Morgan fingerprint density at radius 1 is 0.304 bits per heavy atom. The monoisotopic (exact) mass is 1350 g/mol. The molecule has 17 nitrogen and oxygen atoms in total. The van der Waals surface area contributed by atoms with Gasteiger partial charge in [-0.05, 0) is 31.6 Å². The number of phosphoric acid groups is 2. The predicted molar refractivity (Wildman–Crippen MR) is 372 cm³/mol. The molecule has 546 valence electrons. The minimum Gasteiger partial charge on any atom is -0.462 e. The van der Waals surface area contributed by atoms with Gasteiger partial charge >= 0.3 is 39.5 Å². The van der Waals surface area contributed by atoms with Gasteiger partial charge in [-0.25, -0.2) is 9.13 Å². The quantitative estimate of drug-likeness (QED) is 0.0222. The maximum atomic E-state index is 13.0. The maximum absolute atomic E-state index is 13.0. The largest absolute Gasteiger partial charge is 0.472 e. The average molecular weight is 1350 g/mol. The summed E-state index contributed by atoms with van der Waals surface area (Å²) in [7, 11) is -9.90. The van der Waals surface area contributed by atoms with Gasteiger partial charge in [0.25, 0.3) is 0 Å². The van der Waals surface area contributed by atoms with Crippen LogP contribution in [0, 0.1) is 5.92 Å². The lowest BCUT2D eigenvalue weighted by Crippen LogP contribution is -2.30. The summed E-state index contributed by atoms with van der Waals surface area (Å²) in [5, 5.41) is 10.6. The van der Waals surface area contributed by atoms with Gasteiger partial charge in [0.05, 0.1) is 26.4 Å². The third-order valence-corrected chi connectivity index (χ3v) is 19.3. The van der Waals surface area contributed by atoms with Crippen LogP contribution >= 0.6 is 15.6 Å². The summed E-state index contributed by atoms with van der Waals surface area (Å²) in [6, 6.07) is 0. The zero-order chi connectivity index (χ0) is 67.7. The van der Waals surface area contributed by atoms with Gasteiger partial charge in [0.2, 0.25) is 0 Å². The van der Waals surface area contributed by atoms with Crippen molar-refractivity contribution in [3.63, 3.8) is 0 Å². The summed E-state index contributed by atoms with van der Waals surface area (Å²) in [6.45, 7) is 7.20. The van der Waals surface area contributed by atoms with E-state index in [4.69, 9.17) is 37.0 Å². The van der Waals surface area contributed by atoms with E-state index in [9.17, 15) is 43.2 Å². The summed E-state index contributed by atoms with van der Waals surface area (Å²) in [5.41, 5.74) is 0. The van der Waals surface area contributed by atoms with Gasteiger partial charge in [-0.2, -0.15) is 0 Å². The molecule has 0 aliphatic carbocycles. The number of phosphoric ester groups is 2. The lowest BCUT2D eigenvalue weighted by molar-refractivity contribution is -0.161. The first-order valence-electron chi connectivity index (χ1n) is 38.2. The fourth-order valence-corrected chi connectivity index (χ4v) is 12.7. The molecule has 0 aliphatic rings. The van der Waals surface area contributed by atoms with E-state index in [1.54, 1.807) is 0 Å². The van der Waals surface area contributed by atoms with Crippen LogP contribution in [-0.2, 0) is 65.4 Å². The van der Waals surface area contributed by atoms with Crippen LogP contribution in [-0.4, -0.2) is 96.7 Å². The molecule has 92 heavy (non-hydrogen) atoms. The lowest BCUT2D eigenvalue weighted by Gasteiger charge is -2.21. The second-order valence-electron chi connectivity index (χ2n) is 26.6. The number of aliphatic hydroxyl groups excluding tert-OH is 1. The first kappa shape index (κ1) is 90.1. The van der Waals surface area contributed by atoms with Crippen molar-refractivity contribution >= 4 is 39.5 Å². The van der Waals surface area contributed by atoms with E-state index < -0.39 is 97.5 Å². The number of unbranched alkanes of at least 4 members (excludes halogenated alkanes) is 44. The molecule has 0 saturated carbocycles. The van der Waals surface area contributed by atoms with Crippen molar-refractivity contribution in [3.8, 4) is 0 Å². The van der Waals surface area contributed by atoms with Crippen molar-refractivity contribution in [1.82, 2.24) is 0 Å². The molecule has 0 radical (unpaired) electrons. The molecular formula is C73H142O17P2. The molecule has 0 aromatic heterocycles. The van der Waals surface area contributed by atoms with E-state index in [0.717, 1.165) is 95.8 Å². The molecule has 19 heteroatoms. The topological polar surface area (TPSA) is 237 Å². The van der Waals surface area contributed by atoms with Crippen LogP contribution in [0.4, 0.5) is 0 Å². The second kappa shape index (κ2) is 66.3. The average Bonchev–Trinajstić information content (AvgIpc) is 2.49. The third kappa shape index (κ3) is 65.4. The van der Waals surface area contributed by atoms with Gasteiger partial charge in [-0.3, -0.25) is 37.3 Å². The van der Waals surface area contributed by atoms with Crippen molar-refractivity contribution in [2.45, 2.75) is 400 Å². The van der Waals surface area contributed by atoms with Crippen molar-refractivity contribution in [1.29, 1.82) is 0 Å². The van der Waals surface area contributed by atoms with Gasteiger partial charge in [-0.1, -0.05) is 330 Å². The van der Waals surface area contributed by atoms with Crippen molar-refractivity contribution in [2.24, 2.45) is 5.92 Å². The first-order chi connectivity index (χ1) is 44.6. The highest BCUT2D eigenvalue weighted by molar-refractivity contribution is 7.47. The SMILES string of the molecule is CCCCCCCCCCCCCCCCCCCCCCCC(=O)O[C@H](COC(=O)CCCCCCCCCCCCC)COP(=O)(O)OC[C@@H](O)COP(=O)(O)OC[C@@H](COC(=O)CCCCCCCCCCCC)OC(=O)CCCCCCCCC(C)CC. The number of hydrogen-bond donors (Lipinski definition) is 3. The summed E-state index contributed by atoms with van der Waals surface area (Å²) < 4.78 is 68.3. The molecule has 0 spiro atoms. The minimum absolute atomic E-state index is 0.103. The number of carbonyl (C=O) groups excluding carboxylic acids is 4. The number of rotatable bonds is 73. The fraction of sp³-hybridized carbons (Fsp3) is 0.945. The maximum Gasteiger partial charge on any atom is 0.472 e. The van der Waals surface area contributed by atoms with E-state index in [0.29, 0.717) is 25.7 Å². The molecule has 0 aromatic rings. The summed E-state index contributed by atoms with van der Waals surface area (Å²) >= 11 is 0. The van der Waals surface area contributed by atoms with Crippen LogP contribution in [0.25, 0.3) is 0 Å². The van der Waals surface area contributed by atoms with Crippen LogP contribution in [0.5, 0.6) is 0 Å². The summed E-state index contributed by atoms with van der Waals surface area (Å²) in [5.74, 6) is -1.40. The number of ether oxygens (including phenoxy) is 4. The molecule has 0 aromatic carbocycles. The molecule has 3 unspecified atom stereocenters.